The van der Waals surface area contributed by atoms with Gasteiger partial charge in [-0.1, -0.05) is 24.3 Å². The number of benzene rings is 1. The van der Waals surface area contributed by atoms with E-state index in [9.17, 15) is 4.79 Å². The van der Waals surface area contributed by atoms with E-state index in [0.29, 0.717) is 6.42 Å². The first kappa shape index (κ1) is 16.0. The lowest BCUT2D eigenvalue weighted by molar-refractivity contribution is -0.129. The van der Waals surface area contributed by atoms with E-state index in [-0.39, 0.29) is 5.91 Å². The zero-order chi connectivity index (χ0) is 17.1. The fourth-order valence-electron chi connectivity index (χ4n) is 3.08. The van der Waals surface area contributed by atoms with Crippen LogP contribution in [0, 0.1) is 0 Å². The predicted molar refractivity (Wildman–Crippen MR) is 100 cm³/mol. The van der Waals surface area contributed by atoms with E-state index in [2.05, 4.69) is 22.5 Å². The summed E-state index contributed by atoms with van der Waals surface area (Å²) in [5.41, 5.74) is 4.19. The molecule has 0 atom stereocenters. The summed E-state index contributed by atoms with van der Waals surface area (Å²) >= 11 is 1.63. The van der Waals surface area contributed by atoms with Crippen molar-refractivity contribution in [3.8, 4) is 21.8 Å². The highest BCUT2D eigenvalue weighted by atomic mass is 32.1. The fraction of sp³-hybridized carbons (Fsp3) is 0.250. The Balaban J connectivity index is 1.47. The molecule has 1 fully saturated rings. The third-order valence-electron chi connectivity index (χ3n) is 4.50. The van der Waals surface area contributed by atoms with Gasteiger partial charge in [0.25, 0.3) is 0 Å². The number of likely N-dealkylation sites (tertiary alicyclic amines) is 1. The van der Waals surface area contributed by atoms with E-state index in [0.717, 1.165) is 53.3 Å². The Morgan fingerprint density at radius 3 is 2.44 bits per heavy atom. The molecule has 5 heteroatoms. The number of carbonyl (C=O) groups is 1. The summed E-state index contributed by atoms with van der Waals surface area (Å²) in [5.74, 6) is 0.235. The normalized spacial score (nSPS) is 14.0. The van der Waals surface area contributed by atoms with Gasteiger partial charge < -0.3 is 4.90 Å². The Bertz CT molecular complexity index is 852. The fourth-order valence-corrected chi connectivity index (χ4v) is 3.91. The van der Waals surface area contributed by atoms with E-state index in [1.165, 1.54) is 0 Å². The summed E-state index contributed by atoms with van der Waals surface area (Å²) in [7, 11) is 0. The molecule has 1 amide bonds. The van der Waals surface area contributed by atoms with Crippen molar-refractivity contribution < 1.29 is 4.79 Å². The average molecular weight is 349 g/mol. The second kappa shape index (κ2) is 7.15. The van der Waals surface area contributed by atoms with Crippen LogP contribution in [0.25, 0.3) is 21.8 Å². The summed E-state index contributed by atoms with van der Waals surface area (Å²) in [6.45, 7) is 1.82. The van der Waals surface area contributed by atoms with Crippen LogP contribution in [0.3, 0.4) is 0 Å². The third-order valence-corrected chi connectivity index (χ3v) is 5.39. The van der Waals surface area contributed by atoms with Crippen LogP contribution in [0.5, 0.6) is 0 Å². The second-order valence-electron chi connectivity index (χ2n) is 6.24. The van der Waals surface area contributed by atoms with Crippen LogP contribution in [0.2, 0.25) is 0 Å². The Hall–Kier alpha value is -2.53. The van der Waals surface area contributed by atoms with E-state index in [1.54, 1.807) is 23.7 Å². The number of pyridine rings is 1. The molecule has 3 aromatic rings. The lowest BCUT2D eigenvalue weighted by Crippen LogP contribution is -2.28. The molecule has 0 bridgehead atoms. The van der Waals surface area contributed by atoms with Gasteiger partial charge in [0.15, 0.2) is 0 Å². The van der Waals surface area contributed by atoms with Crippen LogP contribution in [-0.4, -0.2) is 33.9 Å². The molecule has 0 radical (unpaired) electrons. The van der Waals surface area contributed by atoms with Gasteiger partial charge in [-0.2, -0.15) is 0 Å². The quantitative estimate of drug-likeness (QED) is 0.714. The van der Waals surface area contributed by atoms with Crippen LogP contribution in [0.1, 0.15) is 18.4 Å². The van der Waals surface area contributed by atoms with E-state index in [4.69, 9.17) is 4.98 Å². The van der Waals surface area contributed by atoms with Crippen LogP contribution >= 0.6 is 11.3 Å². The minimum atomic E-state index is 0.235. The first-order chi connectivity index (χ1) is 12.3. The number of aromatic nitrogens is 2. The summed E-state index contributed by atoms with van der Waals surface area (Å²) in [4.78, 5) is 23.0. The Labute approximate surface area is 151 Å². The van der Waals surface area contributed by atoms with Crippen LogP contribution in [-0.2, 0) is 11.2 Å². The molecule has 0 saturated carbocycles. The molecule has 1 aliphatic rings. The van der Waals surface area contributed by atoms with Crippen LogP contribution in [0.4, 0.5) is 0 Å². The zero-order valence-electron chi connectivity index (χ0n) is 13.9. The average Bonchev–Trinajstić information content (AvgIpc) is 3.35. The number of thiazole rings is 1. The molecule has 1 aliphatic heterocycles. The van der Waals surface area contributed by atoms with Gasteiger partial charge in [-0.15, -0.1) is 11.3 Å². The summed E-state index contributed by atoms with van der Waals surface area (Å²) < 4.78 is 0. The summed E-state index contributed by atoms with van der Waals surface area (Å²) in [5, 5.41) is 3.06. The van der Waals surface area contributed by atoms with Gasteiger partial charge in [0.1, 0.15) is 5.01 Å². The maximum absolute atomic E-state index is 12.2. The van der Waals surface area contributed by atoms with Gasteiger partial charge in [0.2, 0.25) is 5.91 Å². The van der Waals surface area contributed by atoms with Crippen molar-refractivity contribution >= 4 is 17.2 Å². The molecule has 0 aliphatic carbocycles. The van der Waals surface area contributed by atoms with Gasteiger partial charge in [0.05, 0.1) is 12.1 Å². The standard InChI is InChI=1S/C20H19N3OS/c24-19(23-11-1-2-12-23)13-15-3-5-16(6-4-15)18-14-25-20(22-18)17-7-9-21-10-8-17/h3-10,14H,1-2,11-13H2. The molecule has 0 N–H and O–H groups in total. The molecule has 0 spiro atoms. The number of carbonyl (C=O) groups excluding carboxylic acids is 1. The molecule has 2 aromatic heterocycles. The van der Waals surface area contributed by atoms with Gasteiger partial charge in [-0.25, -0.2) is 4.98 Å². The largest absolute Gasteiger partial charge is 0.342 e. The maximum Gasteiger partial charge on any atom is 0.226 e. The number of amides is 1. The van der Waals surface area contributed by atoms with E-state index in [1.807, 2.05) is 29.2 Å². The summed E-state index contributed by atoms with van der Waals surface area (Å²) in [6.07, 6.45) is 6.31. The number of hydrogen-bond donors (Lipinski definition) is 0. The lowest BCUT2D eigenvalue weighted by Gasteiger charge is -2.15. The highest BCUT2D eigenvalue weighted by Crippen LogP contribution is 2.28. The highest BCUT2D eigenvalue weighted by molar-refractivity contribution is 7.13. The first-order valence-corrected chi connectivity index (χ1v) is 9.40. The van der Waals surface area contributed by atoms with Crippen molar-refractivity contribution in [1.29, 1.82) is 0 Å². The van der Waals surface area contributed by atoms with Crippen molar-refractivity contribution in [3.05, 3.63) is 59.7 Å². The van der Waals surface area contributed by atoms with Crippen LogP contribution in [0.15, 0.2) is 54.2 Å². The Morgan fingerprint density at radius 2 is 1.72 bits per heavy atom. The smallest absolute Gasteiger partial charge is 0.226 e. The molecular weight excluding hydrogens is 330 g/mol. The predicted octanol–water partition coefficient (Wildman–Crippen LogP) is 4.04. The van der Waals surface area contributed by atoms with Gasteiger partial charge in [0, 0.05) is 42.0 Å². The molecule has 25 heavy (non-hydrogen) atoms. The minimum Gasteiger partial charge on any atom is -0.342 e. The topological polar surface area (TPSA) is 46.1 Å². The molecule has 4 nitrogen and oxygen atoms in total. The zero-order valence-corrected chi connectivity index (χ0v) is 14.7. The first-order valence-electron chi connectivity index (χ1n) is 8.52. The molecule has 0 unspecified atom stereocenters. The molecule has 4 rings (SSSR count). The van der Waals surface area contributed by atoms with Crippen molar-refractivity contribution in [2.75, 3.05) is 13.1 Å². The van der Waals surface area contributed by atoms with Crippen molar-refractivity contribution in [1.82, 2.24) is 14.9 Å². The molecule has 1 aromatic carbocycles. The number of rotatable bonds is 4. The van der Waals surface area contributed by atoms with Gasteiger partial charge in [-0.05, 0) is 30.5 Å². The molecular formula is C20H19N3OS. The maximum atomic E-state index is 12.2. The monoisotopic (exact) mass is 349 g/mol. The minimum absolute atomic E-state index is 0.235. The molecule has 1 saturated heterocycles. The van der Waals surface area contributed by atoms with E-state index >= 15 is 0 Å². The molecule has 126 valence electrons. The van der Waals surface area contributed by atoms with Crippen LogP contribution < -0.4 is 0 Å². The summed E-state index contributed by atoms with van der Waals surface area (Å²) in [6, 6.07) is 12.1. The Morgan fingerprint density at radius 1 is 1.00 bits per heavy atom. The van der Waals surface area contributed by atoms with Gasteiger partial charge >= 0.3 is 0 Å². The SMILES string of the molecule is O=C(Cc1ccc(-c2csc(-c3ccncc3)n2)cc1)N1CCCC1. The van der Waals surface area contributed by atoms with Crippen molar-refractivity contribution in [2.24, 2.45) is 0 Å². The van der Waals surface area contributed by atoms with Crippen molar-refractivity contribution in [3.63, 3.8) is 0 Å². The van der Waals surface area contributed by atoms with E-state index < -0.39 is 0 Å². The Kier molecular flexibility index (Phi) is 4.57. The second-order valence-corrected chi connectivity index (χ2v) is 7.09. The number of nitrogens with zero attached hydrogens (tertiary/aromatic N) is 3. The number of hydrogen-bond acceptors (Lipinski definition) is 4. The third kappa shape index (κ3) is 3.61. The van der Waals surface area contributed by atoms with Gasteiger partial charge in [-0.3, -0.25) is 9.78 Å². The molecule has 3 heterocycles. The lowest BCUT2D eigenvalue weighted by atomic mass is 10.1. The highest BCUT2D eigenvalue weighted by Gasteiger charge is 2.17. The van der Waals surface area contributed by atoms with Crippen molar-refractivity contribution in [2.45, 2.75) is 19.3 Å².